The number of likely N-dealkylation sites (N-methyl/N-ethyl adjacent to an activating group) is 1. The van der Waals surface area contributed by atoms with E-state index in [2.05, 4.69) is 27.2 Å². The molecule has 32 heavy (non-hydrogen) atoms. The quantitative estimate of drug-likeness (QED) is 0.779. The van der Waals surface area contributed by atoms with Crippen molar-refractivity contribution in [3.05, 3.63) is 66.0 Å². The molecule has 8 heteroatoms. The highest BCUT2D eigenvalue weighted by Gasteiger charge is 2.55. The van der Waals surface area contributed by atoms with Crippen LogP contribution in [0, 0.1) is 5.82 Å². The lowest BCUT2D eigenvalue weighted by atomic mass is 10.1. The molecule has 3 heterocycles. The van der Waals surface area contributed by atoms with E-state index in [4.69, 9.17) is 0 Å². The third kappa shape index (κ3) is 3.63. The van der Waals surface area contributed by atoms with E-state index in [9.17, 15) is 14.0 Å². The topological polar surface area (TPSA) is 59.1 Å². The maximum Gasteiger partial charge on any atom is 0.327 e. The molecule has 3 saturated heterocycles. The molecule has 0 saturated carbocycles. The molecule has 0 bridgehead atoms. The van der Waals surface area contributed by atoms with E-state index >= 15 is 0 Å². The Bertz CT molecular complexity index is 986. The highest BCUT2D eigenvalue weighted by atomic mass is 19.1. The molecule has 0 aliphatic carbocycles. The molecule has 0 spiro atoms. The Kier molecular flexibility index (Phi) is 5.57. The number of benzene rings is 2. The fourth-order valence-electron chi connectivity index (χ4n) is 5.11. The van der Waals surface area contributed by atoms with Crippen LogP contribution >= 0.6 is 0 Å². The lowest BCUT2D eigenvalue weighted by Gasteiger charge is -2.43. The fourth-order valence-corrected chi connectivity index (χ4v) is 5.11. The van der Waals surface area contributed by atoms with E-state index in [0.717, 1.165) is 38.0 Å². The van der Waals surface area contributed by atoms with Gasteiger partial charge in [0.15, 0.2) is 0 Å². The summed E-state index contributed by atoms with van der Waals surface area (Å²) in [5.41, 5.74) is 2.09. The van der Waals surface area contributed by atoms with Gasteiger partial charge >= 0.3 is 6.03 Å². The number of fused-ring (bicyclic) bond motifs is 3. The van der Waals surface area contributed by atoms with Crippen LogP contribution in [0.4, 0.5) is 14.9 Å². The number of halogens is 1. The SMILES string of the molecule is CN1C(=O)N(CCCc2ccccc2)C(=O)C2C1NC1N(c3ccc(F)cc3)CCCN21. The van der Waals surface area contributed by atoms with E-state index in [1.165, 1.54) is 22.6 Å². The highest BCUT2D eigenvalue weighted by Crippen LogP contribution is 2.33. The normalized spacial score (nSPS) is 25.8. The lowest BCUT2D eigenvalue weighted by molar-refractivity contribution is -0.138. The summed E-state index contributed by atoms with van der Waals surface area (Å²) in [6.45, 7) is 1.97. The predicted molar refractivity (Wildman–Crippen MR) is 119 cm³/mol. The van der Waals surface area contributed by atoms with E-state index in [0.29, 0.717) is 6.54 Å². The number of hydrogen-bond donors (Lipinski definition) is 1. The van der Waals surface area contributed by atoms with Crippen LogP contribution in [-0.2, 0) is 11.2 Å². The molecular weight excluding hydrogens is 409 g/mol. The zero-order valence-electron chi connectivity index (χ0n) is 18.2. The first-order chi connectivity index (χ1) is 15.5. The van der Waals surface area contributed by atoms with Crippen molar-refractivity contribution in [1.82, 2.24) is 20.0 Å². The average molecular weight is 438 g/mol. The van der Waals surface area contributed by atoms with Crippen molar-refractivity contribution in [3.8, 4) is 0 Å². The number of carbonyl (C=O) groups is 2. The van der Waals surface area contributed by atoms with Gasteiger partial charge in [0.05, 0.1) is 0 Å². The first-order valence-electron chi connectivity index (χ1n) is 11.2. The van der Waals surface area contributed by atoms with Crippen LogP contribution in [0.15, 0.2) is 54.6 Å². The zero-order chi connectivity index (χ0) is 22.2. The van der Waals surface area contributed by atoms with Crippen molar-refractivity contribution >= 4 is 17.6 Å². The van der Waals surface area contributed by atoms with Gasteiger partial charge in [-0.05, 0) is 49.1 Å². The van der Waals surface area contributed by atoms with Crippen LogP contribution in [0.3, 0.4) is 0 Å². The smallest absolute Gasteiger partial charge is 0.327 e. The summed E-state index contributed by atoms with van der Waals surface area (Å²) in [4.78, 5) is 33.9. The molecule has 1 N–H and O–H groups in total. The second kappa shape index (κ2) is 8.52. The predicted octanol–water partition coefficient (Wildman–Crippen LogP) is 2.45. The molecule has 3 aliphatic rings. The molecule has 3 aliphatic heterocycles. The number of hydrogen-bond acceptors (Lipinski definition) is 5. The van der Waals surface area contributed by atoms with Crippen molar-refractivity contribution in [2.24, 2.45) is 0 Å². The molecular formula is C24H28FN5O2. The van der Waals surface area contributed by atoms with Gasteiger partial charge in [-0.1, -0.05) is 30.3 Å². The first-order valence-corrected chi connectivity index (χ1v) is 11.2. The van der Waals surface area contributed by atoms with Gasteiger partial charge in [-0.3, -0.25) is 19.9 Å². The number of carbonyl (C=O) groups excluding carboxylic acids is 2. The van der Waals surface area contributed by atoms with E-state index in [1.54, 1.807) is 24.1 Å². The summed E-state index contributed by atoms with van der Waals surface area (Å²) in [7, 11) is 1.75. The largest absolute Gasteiger partial charge is 0.343 e. The maximum atomic E-state index is 13.5. The average Bonchev–Trinajstić information content (AvgIpc) is 3.21. The van der Waals surface area contributed by atoms with E-state index < -0.39 is 6.04 Å². The molecule has 3 fully saturated rings. The third-order valence-corrected chi connectivity index (χ3v) is 6.72. The third-order valence-electron chi connectivity index (χ3n) is 6.72. The Hall–Kier alpha value is -2.97. The number of nitrogens with one attached hydrogen (secondary N) is 1. The van der Waals surface area contributed by atoms with Gasteiger partial charge in [0.1, 0.15) is 24.3 Å². The number of amides is 3. The van der Waals surface area contributed by atoms with Crippen LogP contribution in [0.1, 0.15) is 18.4 Å². The molecule has 2 aromatic carbocycles. The Morgan fingerprint density at radius 1 is 1.03 bits per heavy atom. The van der Waals surface area contributed by atoms with Gasteiger partial charge in [0.25, 0.3) is 5.91 Å². The lowest BCUT2D eigenvalue weighted by Crippen LogP contribution is -2.66. The highest BCUT2D eigenvalue weighted by molar-refractivity contribution is 6.00. The Morgan fingerprint density at radius 2 is 1.78 bits per heavy atom. The van der Waals surface area contributed by atoms with E-state index in [1.807, 2.05) is 18.2 Å². The standard InChI is InChI=1S/C24H28FN5O2/c1-27-21-20(22(31)30(24(27)32)14-5-9-17-7-3-2-4-8-17)29-16-6-15-28(23(29)26-21)19-12-10-18(25)11-13-19/h2-4,7-8,10-13,20-21,23,26H,5-6,9,14-16H2,1H3. The molecule has 168 valence electrons. The molecule has 3 atom stereocenters. The Morgan fingerprint density at radius 3 is 2.53 bits per heavy atom. The molecule has 2 aromatic rings. The molecule has 3 unspecified atom stereocenters. The van der Waals surface area contributed by atoms with Gasteiger partial charge in [-0.25, -0.2) is 9.18 Å². The number of rotatable bonds is 5. The number of aryl methyl sites for hydroxylation is 1. The summed E-state index contributed by atoms with van der Waals surface area (Å²) in [5.74, 6) is -0.413. The minimum atomic E-state index is -0.428. The molecule has 3 amide bonds. The second-order valence-electron chi connectivity index (χ2n) is 8.66. The zero-order valence-corrected chi connectivity index (χ0v) is 18.2. The molecule has 0 aromatic heterocycles. The first kappa shape index (κ1) is 20.9. The van der Waals surface area contributed by atoms with Crippen molar-refractivity contribution in [3.63, 3.8) is 0 Å². The molecule has 7 nitrogen and oxygen atoms in total. The monoisotopic (exact) mass is 437 g/mol. The van der Waals surface area contributed by atoms with Gasteiger partial charge in [-0.2, -0.15) is 0 Å². The summed E-state index contributed by atoms with van der Waals surface area (Å²) >= 11 is 0. The molecule has 5 rings (SSSR count). The van der Waals surface area contributed by atoms with Crippen molar-refractivity contribution in [2.75, 3.05) is 31.6 Å². The van der Waals surface area contributed by atoms with Gasteiger partial charge < -0.3 is 9.80 Å². The number of nitrogens with zero attached hydrogens (tertiary/aromatic N) is 4. The fraction of sp³-hybridized carbons (Fsp3) is 0.417. The van der Waals surface area contributed by atoms with Crippen LogP contribution in [0.5, 0.6) is 0 Å². The van der Waals surface area contributed by atoms with Gasteiger partial charge in [-0.15, -0.1) is 0 Å². The van der Waals surface area contributed by atoms with Crippen molar-refractivity contribution in [2.45, 2.75) is 37.8 Å². The van der Waals surface area contributed by atoms with Crippen LogP contribution in [0.25, 0.3) is 0 Å². The van der Waals surface area contributed by atoms with Crippen molar-refractivity contribution in [1.29, 1.82) is 0 Å². The minimum absolute atomic E-state index is 0.137. The summed E-state index contributed by atoms with van der Waals surface area (Å²) in [6.07, 6.45) is 1.83. The summed E-state index contributed by atoms with van der Waals surface area (Å²) in [6, 6.07) is 15.8. The number of imide groups is 1. The van der Waals surface area contributed by atoms with Gasteiger partial charge in [0, 0.05) is 32.4 Å². The van der Waals surface area contributed by atoms with Crippen LogP contribution in [0.2, 0.25) is 0 Å². The summed E-state index contributed by atoms with van der Waals surface area (Å²) < 4.78 is 13.4. The van der Waals surface area contributed by atoms with E-state index in [-0.39, 0.29) is 30.2 Å². The van der Waals surface area contributed by atoms with Crippen LogP contribution in [-0.4, -0.2) is 71.8 Å². The summed E-state index contributed by atoms with van der Waals surface area (Å²) in [5, 5.41) is 3.49. The maximum absolute atomic E-state index is 13.5. The number of urea groups is 1. The number of anilines is 1. The van der Waals surface area contributed by atoms with Crippen molar-refractivity contribution < 1.29 is 14.0 Å². The minimum Gasteiger partial charge on any atom is -0.343 e. The molecule has 0 radical (unpaired) electrons. The Labute approximate surface area is 187 Å². The van der Waals surface area contributed by atoms with Crippen LogP contribution < -0.4 is 10.2 Å². The Balaban J connectivity index is 1.33. The second-order valence-corrected chi connectivity index (χ2v) is 8.66. The van der Waals surface area contributed by atoms with Gasteiger partial charge in [0.2, 0.25) is 0 Å².